The molecule has 0 aliphatic heterocycles. The Morgan fingerprint density at radius 2 is 1.87 bits per heavy atom. The quantitative estimate of drug-likeness (QED) is 0.418. The van der Waals surface area contributed by atoms with Gasteiger partial charge in [-0.2, -0.15) is 0 Å². The maximum Gasteiger partial charge on any atom is 0.352 e. The van der Waals surface area contributed by atoms with E-state index in [2.05, 4.69) is 21.2 Å². The van der Waals surface area contributed by atoms with Crippen molar-refractivity contribution >= 4 is 45.5 Å². The number of carbonyl (C=O) groups excluding carboxylic acids is 1. The summed E-state index contributed by atoms with van der Waals surface area (Å²) in [6.07, 6.45) is 7.36. The van der Waals surface area contributed by atoms with E-state index < -0.39 is 5.97 Å². The molecule has 30 heavy (non-hydrogen) atoms. The molecule has 0 bridgehead atoms. The van der Waals surface area contributed by atoms with E-state index in [0.29, 0.717) is 34.4 Å². The van der Waals surface area contributed by atoms with Crippen LogP contribution < -0.4 is 10.1 Å². The van der Waals surface area contributed by atoms with Gasteiger partial charge in [0.25, 0.3) is 0 Å². The Kier molecular flexibility index (Phi) is 7.94. The van der Waals surface area contributed by atoms with Crippen LogP contribution in [0.15, 0.2) is 52.6 Å². The van der Waals surface area contributed by atoms with Gasteiger partial charge < -0.3 is 15.2 Å². The summed E-state index contributed by atoms with van der Waals surface area (Å²) in [6, 6.07) is 12.2. The summed E-state index contributed by atoms with van der Waals surface area (Å²) in [4.78, 5) is 23.7. The summed E-state index contributed by atoms with van der Waals surface area (Å²) >= 11 is 9.50. The molecule has 5 nitrogen and oxygen atoms in total. The Bertz CT molecular complexity index is 937. The lowest BCUT2D eigenvalue weighted by molar-refractivity contribution is -0.134. The number of carbonyl (C=O) groups is 2. The fourth-order valence-electron chi connectivity index (χ4n) is 3.48. The fraction of sp³-hybridized carbons (Fsp3) is 0.304. The lowest BCUT2D eigenvalue weighted by Crippen LogP contribution is -2.27. The minimum atomic E-state index is -1.17. The van der Waals surface area contributed by atoms with Crippen molar-refractivity contribution in [2.45, 2.75) is 38.5 Å². The minimum absolute atomic E-state index is 0.143. The molecule has 0 spiro atoms. The summed E-state index contributed by atoms with van der Waals surface area (Å²) in [5.74, 6) is 0.226. The first kappa shape index (κ1) is 22.4. The molecule has 1 aliphatic rings. The molecule has 3 rings (SSSR count). The number of aliphatic carboxylic acids is 1. The molecule has 0 saturated heterocycles. The molecular weight excluding hydrogens is 470 g/mol. The first-order valence-corrected chi connectivity index (χ1v) is 11.1. The highest BCUT2D eigenvalue weighted by molar-refractivity contribution is 9.10. The van der Waals surface area contributed by atoms with Gasteiger partial charge in [-0.05, 0) is 54.3 Å². The SMILES string of the molecule is O=C(CCC1CCCC1)N/C(=C\c1ccc(Oc2ccc(Br)cc2Cl)cc1)C(=O)O. The van der Waals surface area contributed by atoms with Crippen molar-refractivity contribution in [3.63, 3.8) is 0 Å². The van der Waals surface area contributed by atoms with E-state index in [0.717, 1.165) is 23.7 Å². The van der Waals surface area contributed by atoms with Gasteiger partial charge in [-0.1, -0.05) is 65.3 Å². The molecule has 2 N–H and O–H groups in total. The van der Waals surface area contributed by atoms with Gasteiger partial charge >= 0.3 is 5.97 Å². The summed E-state index contributed by atoms with van der Waals surface area (Å²) in [5.41, 5.74) is 0.494. The molecule has 1 amide bonds. The number of rotatable bonds is 8. The van der Waals surface area contributed by atoms with Gasteiger partial charge in [0, 0.05) is 10.9 Å². The predicted molar refractivity (Wildman–Crippen MR) is 121 cm³/mol. The second-order valence-electron chi connectivity index (χ2n) is 7.35. The average Bonchev–Trinajstić information content (AvgIpc) is 3.23. The van der Waals surface area contributed by atoms with Crippen molar-refractivity contribution in [3.8, 4) is 11.5 Å². The maximum absolute atomic E-state index is 12.2. The Balaban J connectivity index is 1.62. The van der Waals surface area contributed by atoms with E-state index in [1.165, 1.54) is 18.9 Å². The number of hydrogen-bond acceptors (Lipinski definition) is 3. The molecule has 1 fully saturated rings. The normalized spacial score (nSPS) is 14.5. The number of carboxylic acid groups (broad SMARTS) is 1. The Hall–Kier alpha value is -2.31. The van der Waals surface area contributed by atoms with Crippen LogP contribution in [0.3, 0.4) is 0 Å². The Morgan fingerprint density at radius 1 is 1.17 bits per heavy atom. The number of ether oxygens (including phenoxy) is 1. The molecule has 2 aromatic rings. The Morgan fingerprint density at radius 3 is 2.50 bits per heavy atom. The van der Waals surface area contributed by atoms with Crippen molar-refractivity contribution in [1.29, 1.82) is 0 Å². The van der Waals surface area contributed by atoms with E-state index in [-0.39, 0.29) is 11.6 Å². The van der Waals surface area contributed by atoms with Crippen molar-refractivity contribution < 1.29 is 19.4 Å². The van der Waals surface area contributed by atoms with Crippen LogP contribution in [0.4, 0.5) is 0 Å². The van der Waals surface area contributed by atoms with Crippen LogP contribution in [-0.4, -0.2) is 17.0 Å². The van der Waals surface area contributed by atoms with Crippen LogP contribution >= 0.6 is 27.5 Å². The zero-order chi connectivity index (χ0) is 21.5. The molecule has 2 aromatic carbocycles. The summed E-state index contributed by atoms with van der Waals surface area (Å²) in [7, 11) is 0. The van der Waals surface area contributed by atoms with Crippen LogP contribution in [0.2, 0.25) is 5.02 Å². The lowest BCUT2D eigenvalue weighted by atomic mass is 10.0. The molecule has 0 heterocycles. The zero-order valence-corrected chi connectivity index (χ0v) is 18.7. The third-order valence-electron chi connectivity index (χ3n) is 5.07. The average molecular weight is 493 g/mol. The monoisotopic (exact) mass is 491 g/mol. The van der Waals surface area contributed by atoms with Gasteiger partial charge in [0.1, 0.15) is 17.2 Å². The first-order chi connectivity index (χ1) is 14.4. The number of amides is 1. The number of nitrogens with one attached hydrogen (secondary N) is 1. The highest BCUT2D eigenvalue weighted by atomic mass is 79.9. The second-order valence-corrected chi connectivity index (χ2v) is 8.67. The number of halogens is 2. The van der Waals surface area contributed by atoms with Gasteiger partial charge in [0.2, 0.25) is 5.91 Å². The van der Waals surface area contributed by atoms with Gasteiger partial charge in [-0.25, -0.2) is 4.79 Å². The fourth-order valence-corrected chi connectivity index (χ4v) is 4.19. The van der Waals surface area contributed by atoms with Crippen molar-refractivity contribution in [2.24, 2.45) is 5.92 Å². The summed E-state index contributed by atoms with van der Waals surface area (Å²) in [5, 5.41) is 12.4. The highest BCUT2D eigenvalue weighted by Gasteiger charge is 2.17. The number of benzene rings is 2. The molecule has 0 atom stereocenters. The van der Waals surface area contributed by atoms with Gasteiger partial charge in [0.15, 0.2) is 0 Å². The van der Waals surface area contributed by atoms with Crippen LogP contribution in [0.1, 0.15) is 44.1 Å². The molecule has 0 aromatic heterocycles. The maximum atomic E-state index is 12.2. The Labute approximate surface area is 189 Å². The molecule has 1 aliphatic carbocycles. The second kappa shape index (κ2) is 10.6. The van der Waals surface area contributed by atoms with Crippen molar-refractivity contribution in [3.05, 3.63) is 63.2 Å². The van der Waals surface area contributed by atoms with Crippen molar-refractivity contribution in [2.75, 3.05) is 0 Å². The first-order valence-electron chi connectivity index (χ1n) is 9.88. The van der Waals surface area contributed by atoms with Crippen LogP contribution in [0, 0.1) is 5.92 Å². The van der Waals surface area contributed by atoms with E-state index in [1.54, 1.807) is 36.4 Å². The standard InChI is InChI=1S/C23H23BrClNO4/c24-17-8-11-21(19(25)14-17)30-18-9-5-16(6-10-18)13-20(23(28)29)26-22(27)12-7-15-3-1-2-4-15/h5-6,8-11,13-15H,1-4,7,12H2,(H,26,27)(H,28,29)/b20-13-. The van der Waals surface area contributed by atoms with Gasteiger partial charge in [-0.3, -0.25) is 4.79 Å². The molecule has 158 valence electrons. The molecule has 0 unspecified atom stereocenters. The highest BCUT2D eigenvalue weighted by Crippen LogP contribution is 2.32. The number of hydrogen-bond donors (Lipinski definition) is 2. The smallest absolute Gasteiger partial charge is 0.352 e. The minimum Gasteiger partial charge on any atom is -0.477 e. The van der Waals surface area contributed by atoms with Crippen LogP contribution in [-0.2, 0) is 9.59 Å². The van der Waals surface area contributed by atoms with Gasteiger partial charge in [-0.15, -0.1) is 0 Å². The molecule has 0 radical (unpaired) electrons. The van der Waals surface area contributed by atoms with E-state index in [9.17, 15) is 14.7 Å². The lowest BCUT2D eigenvalue weighted by Gasteiger charge is -2.10. The van der Waals surface area contributed by atoms with E-state index in [4.69, 9.17) is 16.3 Å². The molecular formula is C23H23BrClNO4. The number of carboxylic acids is 1. The third-order valence-corrected chi connectivity index (χ3v) is 5.86. The third kappa shape index (κ3) is 6.61. The largest absolute Gasteiger partial charge is 0.477 e. The summed E-state index contributed by atoms with van der Waals surface area (Å²) in [6.45, 7) is 0. The molecule has 1 saturated carbocycles. The topological polar surface area (TPSA) is 75.6 Å². The van der Waals surface area contributed by atoms with E-state index >= 15 is 0 Å². The summed E-state index contributed by atoms with van der Waals surface area (Å²) < 4.78 is 6.61. The van der Waals surface area contributed by atoms with Crippen molar-refractivity contribution in [1.82, 2.24) is 5.32 Å². The predicted octanol–water partition coefficient (Wildman–Crippen LogP) is 6.41. The van der Waals surface area contributed by atoms with Gasteiger partial charge in [0.05, 0.1) is 5.02 Å². The van der Waals surface area contributed by atoms with Crippen LogP contribution in [0.5, 0.6) is 11.5 Å². The van der Waals surface area contributed by atoms with Crippen LogP contribution in [0.25, 0.3) is 6.08 Å². The molecule has 7 heteroatoms. The zero-order valence-electron chi connectivity index (χ0n) is 16.4. The van der Waals surface area contributed by atoms with E-state index in [1.807, 2.05) is 6.07 Å².